The highest BCUT2D eigenvalue weighted by molar-refractivity contribution is 5.81. The number of carbonyl (C=O) groups excluding carboxylic acids is 2. The van der Waals surface area contributed by atoms with Crippen LogP contribution in [0.25, 0.3) is 0 Å². The van der Waals surface area contributed by atoms with Crippen molar-refractivity contribution in [3.63, 3.8) is 0 Å². The van der Waals surface area contributed by atoms with E-state index in [0.29, 0.717) is 32.4 Å². The van der Waals surface area contributed by atoms with Gasteiger partial charge in [0.05, 0.1) is 18.2 Å². The molecule has 0 aliphatic rings. The first kappa shape index (κ1) is 25.9. The maximum absolute atomic E-state index is 12.9. The Labute approximate surface area is 196 Å². The van der Waals surface area contributed by atoms with Gasteiger partial charge >= 0.3 is 6.09 Å². The van der Waals surface area contributed by atoms with E-state index in [1.807, 2.05) is 60.7 Å². The van der Waals surface area contributed by atoms with Crippen molar-refractivity contribution < 1.29 is 14.3 Å². The fourth-order valence-electron chi connectivity index (χ4n) is 3.24. The molecule has 0 unspecified atom stereocenters. The second-order valence-corrected chi connectivity index (χ2v) is 8.86. The Morgan fingerprint density at radius 3 is 2.15 bits per heavy atom. The van der Waals surface area contributed by atoms with E-state index in [1.54, 1.807) is 20.8 Å². The minimum absolute atomic E-state index is 0.176. The first-order valence-electron chi connectivity index (χ1n) is 11.2. The number of rotatable bonds is 11. The van der Waals surface area contributed by atoms with Gasteiger partial charge in [0.2, 0.25) is 5.91 Å². The van der Waals surface area contributed by atoms with Crippen molar-refractivity contribution in [2.24, 2.45) is 0 Å². The average molecular weight is 451 g/mol. The van der Waals surface area contributed by atoms with E-state index in [4.69, 9.17) is 4.74 Å². The number of alkyl carbamates (subject to hydrolysis) is 1. The van der Waals surface area contributed by atoms with E-state index < -0.39 is 23.8 Å². The summed E-state index contributed by atoms with van der Waals surface area (Å²) in [6.45, 7) is 6.19. The Kier molecular flexibility index (Phi) is 10.4. The highest BCUT2D eigenvalue weighted by atomic mass is 16.6. The van der Waals surface area contributed by atoms with Crippen LogP contribution in [0, 0.1) is 11.3 Å². The minimum atomic E-state index is -0.567. The molecule has 0 radical (unpaired) electrons. The number of carbonyl (C=O) groups is 2. The van der Waals surface area contributed by atoms with Crippen LogP contribution in [0.1, 0.15) is 44.7 Å². The summed E-state index contributed by atoms with van der Waals surface area (Å²) in [7, 11) is 0. The Morgan fingerprint density at radius 2 is 1.58 bits per heavy atom. The van der Waals surface area contributed by atoms with Crippen LogP contribution in [0.4, 0.5) is 4.79 Å². The van der Waals surface area contributed by atoms with Gasteiger partial charge in [0.1, 0.15) is 5.60 Å². The number of hydrogen-bond donors (Lipinski definition) is 3. The van der Waals surface area contributed by atoms with Crippen molar-refractivity contribution in [1.29, 1.82) is 5.26 Å². The molecule has 0 aromatic heterocycles. The zero-order chi connectivity index (χ0) is 24.1. The standard InChI is InChI=1S/C26H34N4O3/c1-26(2,3)33-25(32)28-16-10-15-23(24(31)29-19-21-13-8-5-9-14-21)30-22(18-27)17-20-11-6-4-7-12-20/h4-9,11-14,22-23,30H,10,15-17,19H2,1-3H3,(H,28,32)(H,29,31)/t22-,23+/m1/s1. The molecule has 2 atom stereocenters. The third-order valence-corrected chi connectivity index (χ3v) is 4.80. The Bertz CT molecular complexity index is 905. The van der Waals surface area contributed by atoms with Gasteiger partial charge in [-0.25, -0.2) is 4.79 Å². The summed E-state index contributed by atoms with van der Waals surface area (Å²) in [5.41, 5.74) is 1.45. The van der Waals surface area contributed by atoms with Gasteiger partial charge < -0.3 is 15.4 Å². The topological polar surface area (TPSA) is 103 Å². The van der Waals surface area contributed by atoms with E-state index in [-0.39, 0.29) is 5.91 Å². The van der Waals surface area contributed by atoms with E-state index in [0.717, 1.165) is 11.1 Å². The lowest BCUT2D eigenvalue weighted by molar-refractivity contribution is -0.123. The summed E-state index contributed by atoms with van der Waals surface area (Å²) in [6, 6.07) is 20.5. The lowest BCUT2D eigenvalue weighted by Gasteiger charge is -2.22. The average Bonchev–Trinajstić information content (AvgIpc) is 2.79. The number of ether oxygens (including phenoxy) is 1. The van der Waals surface area contributed by atoms with Crippen molar-refractivity contribution >= 4 is 12.0 Å². The Hall–Kier alpha value is -3.37. The van der Waals surface area contributed by atoms with Crippen molar-refractivity contribution in [2.45, 2.75) is 64.3 Å². The third kappa shape index (κ3) is 10.7. The van der Waals surface area contributed by atoms with Crippen LogP contribution < -0.4 is 16.0 Å². The predicted molar refractivity (Wildman–Crippen MR) is 128 cm³/mol. The summed E-state index contributed by atoms with van der Waals surface area (Å²) < 4.78 is 5.24. The number of hydrogen-bond acceptors (Lipinski definition) is 5. The molecule has 7 heteroatoms. The molecule has 0 heterocycles. The van der Waals surface area contributed by atoms with E-state index in [2.05, 4.69) is 22.0 Å². The zero-order valence-electron chi connectivity index (χ0n) is 19.6. The van der Waals surface area contributed by atoms with E-state index in [1.165, 1.54) is 0 Å². The van der Waals surface area contributed by atoms with Crippen LogP contribution in [0.15, 0.2) is 60.7 Å². The molecule has 0 fully saturated rings. The van der Waals surface area contributed by atoms with Crippen molar-refractivity contribution in [2.75, 3.05) is 6.54 Å². The number of nitrogens with zero attached hydrogens (tertiary/aromatic N) is 1. The predicted octanol–water partition coefficient (Wildman–Crippen LogP) is 3.70. The summed E-state index contributed by atoms with van der Waals surface area (Å²) in [5.74, 6) is -0.176. The normalized spacial score (nSPS) is 12.8. The number of amides is 2. The van der Waals surface area contributed by atoms with Crippen molar-refractivity contribution in [1.82, 2.24) is 16.0 Å². The molecule has 0 spiro atoms. The van der Waals surface area contributed by atoms with Gasteiger partial charge in [-0.15, -0.1) is 0 Å². The second kappa shape index (κ2) is 13.2. The Morgan fingerprint density at radius 1 is 0.970 bits per heavy atom. The molecular formula is C26H34N4O3. The Balaban J connectivity index is 1.94. The van der Waals surface area contributed by atoms with E-state index >= 15 is 0 Å². The van der Waals surface area contributed by atoms with Gasteiger partial charge in [-0.3, -0.25) is 10.1 Å². The smallest absolute Gasteiger partial charge is 0.407 e. The summed E-state index contributed by atoms with van der Waals surface area (Å²) in [4.78, 5) is 24.8. The fourth-order valence-corrected chi connectivity index (χ4v) is 3.24. The molecule has 0 aliphatic heterocycles. The largest absolute Gasteiger partial charge is 0.444 e. The van der Waals surface area contributed by atoms with Crippen LogP contribution in [-0.2, 0) is 22.5 Å². The van der Waals surface area contributed by atoms with Gasteiger partial charge in [0, 0.05) is 19.5 Å². The summed E-state index contributed by atoms with van der Waals surface area (Å²) >= 11 is 0. The molecule has 2 rings (SSSR count). The maximum atomic E-state index is 12.9. The lowest BCUT2D eigenvalue weighted by Crippen LogP contribution is -2.48. The first-order chi connectivity index (χ1) is 15.8. The molecule has 2 aromatic rings. The molecular weight excluding hydrogens is 416 g/mol. The van der Waals surface area contributed by atoms with Crippen molar-refractivity contribution in [3.8, 4) is 6.07 Å². The molecule has 7 nitrogen and oxygen atoms in total. The zero-order valence-corrected chi connectivity index (χ0v) is 19.6. The van der Waals surface area contributed by atoms with Gasteiger partial charge in [0.25, 0.3) is 0 Å². The molecule has 0 aliphatic carbocycles. The number of benzene rings is 2. The van der Waals surface area contributed by atoms with Crippen LogP contribution in [-0.4, -0.2) is 36.2 Å². The molecule has 3 N–H and O–H groups in total. The molecule has 0 saturated heterocycles. The van der Waals surface area contributed by atoms with Gasteiger partial charge in [-0.2, -0.15) is 5.26 Å². The lowest BCUT2D eigenvalue weighted by atomic mass is 10.0. The second-order valence-electron chi connectivity index (χ2n) is 8.86. The molecule has 0 bridgehead atoms. The molecule has 176 valence electrons. The van der Waals surface area contributed by atoms with Crippen LogP contribution in [0.2, 0.25) is 0 Å². The van der Waals surface area contributed by atoms with Gasteiger partial charge in [-0.1, -0.05) is 60.7 Å². The van der Waals surface area contributed by atoms with E-state index in [9.17, 15) is 14.9 Å². The molecule has 2 aromatic carbocycles. The number of nitrogens with one attached hydrogen (secondary N) is 3. The monoisotopic (exact) mass is 450 g/mol. The SMILES string of the molecule is CC(C)(C)OC(=O)NCCC[C@H](N[C@@H](C#N)Cc1ccccc1)C(=O)NCc1ccccc1. The fraction of sp³-hybridized carbons (Fsp3) is 0.423. The molecule has 33 heavy (non-hydrogen) atoms. The molecule has 2 amide bonds. The quantitative estimate of drug-likeness (QED) is 0.453. The summed E-state index contributed by atoms with van der Waals surface area (Å²) in [6.07, 6.45) is 1.03. The highest BCUT2D eigenvalue weighted by Gasteiger charge is 2.22. The highest BCUT2D eigenvalue weighted by Crippen LogP contribution is 2.08. The van der Waals surface area contributed by atoms with Crippen LogP contribution in [0.3, 0.4) is 0 Å². The van der Waals surface area contributed by atoms with Crippen LogP contribution in [0.5, 0.6) is 0 Å². The first-order valence-corrected chi connectivity index (χ1v) is 11.2. The van der Waals surface area contributed by atoms with Crippen LogP contribution >= 0.6 is 0 Å². The minimum Gasteiger partial charge on any atom is -0.444 e. The van der Waals surface area contributed by atoms with Gasteiger partial charge in [0.15, 0.2) is 0 Å². The van der Waals surface area contributed by atoms with Gasteiger partial charge in [-0.05, 0) is 44.7 Å². The molecule has 0 saturated carbocycles. The van der Waals surface area contributed by atoms with Crippen molar-refractivity contribution in [3.05, 3.63) is 71.8 Å². The number of nitriles is 1. The summed E-state index contributed by atoms with van der Waals surface area (Å²) in [5, 5.41) is 18.5. The maximum Gasteiger partial charge on any atom is 0.407 e. The third-order valence-electron chi connectivity index (χ3n) is 4.80.